The Labute approximate surface area is 141 Å². The van der Waals surface area contributed by atoms with Crippen LogP contribution in [0.5, 0.6) is 0 Å². The van der Waals surface area contributed by atoms with Gasteiger partial charge in [-0.05, 0) is 26.2 Å². The number of hydrazine groups is 1. The Kier molecular flexibility index (Phi) is 9.85. The molecule has 5 N–H and O–H groups in total. The number of amides is 2. The van der Waals surface area contributed by atoms with Crippen LogP contribution in [-0.2, 0) is 14.4 Å². The first kappa shape index (κ1) is 19.9. The molecular formula is C14H27N5O3S. The first-order chi connectivity index (χ1) is 11.0. The van der Waals surface area contributed by atoms with Crippen molar-refractivity contribution in [3.63, 3.8) is 0 Å². The summed E-state index contributed by atoms with van der Waals surface area (Å²) in [6.07, 6.45) is 2.21. The second-order valence-electron chi connectivity index (χ2n) is 5.50. The molecule has 1 atom stereocenters. The Morgan fingerprint density at radius 3 is 2.61 bits per heavy atom. The highest BCUT2D eigenvalue weighted by Crippen LogP contribution is 2.15. The van der Waals surface area contributed by atoms with Crippen LogP contribution in [0.1, 0.15) is 26.2 Å². The van der Waals surface area contributed by atoms with Gasteiger partial charge in [0.2, 0.25) is 11.8 Å². The predicted molar refractivity (Wildman–Crippen MR) is 90.6 cm³/mol. The standard InChI is InChI=1S/C14H27N5O3S/c1-11(20)8-17-18-9-13(21)16-5-3-2-4-12(15)14(22)19-6-7-23-10-19/h12,17-18H,2-10,15H2,1H3,(H,16,21)/t12-/m0/s1. The van der Waals surface area contributed by atoms with Crippen molar-refractivity contribution in [3.05, 3.63) is 0 Å². The summed E-state index contributed by atoms with van der Waals surface area (Å²) in [7, 11) is 0. The van der Waals surface area contributed by atoms with Crippen molar-refractivity contribution >= 4 is 29.4 Å². The van der Waals surface area contributed by atoms with Crippen molar-refractivity contribution in [2.24, 2.45) is 5.73 Å². The van der Waals surface area contributed by atoms with Crippen molar-refractivity contribution in [1.29, 1.82) is 0 Å². The number of unbranched alkanes of at least 4 members (excludes halogenated alkanes) is 1. The van der Waals surface area contributed by atoms with Crippen molar-refractivity contribution in [2.75, 3.05) is 37.8 Å². The highest BCUT2D eigenvalue weighted by Gasteiger charge is 2.23. The average Bonchev–Trinajstić information content (AvgIpc) is 3.04. The molecule has 1 rings (SSSR count). The van der Waals surface area contributed by atoms with Crippen molar-refractivity contribution in [1.82, 2.24) is 21.1 Å². The van der Waals surface area contributed by atoms with Crippen LogP contribution < -0.4 is 21.9 Å². The molecule has 0 bridgehead atoms. The first-order valence-electron chi connectivity index (χ1n) is 7.84. The monoisotopic (exact) mass is 345 g/mol. The van der Waals surface area contributed by atoms with Crippen molar-refractivity contribution < 1.29 is 14.4 Å². The molecule has 9 heteroatoms. The van der Waals surface area contributed by atoms with E-state index in [0.29, 0.717) is 13.0 Å². The third-order valence-corrected chi connectivity index (χ3v) is 4.32. The maximum atomic E-state index is 12.0. The molecule has 1 saturated heterocycles. The SMILES string of the molecule is CC(=O)CNNCC(=O)NCCCC[C@H](N)C(=O)N1CCSC1. The largest absolute Gasteiger partial charge is 0.355 e. The number of hydrogen-bond acceptors (Lipinski definition) is 7. The Balaban J connectivity index is 1.98. The lowest BCUT2D eigenvalue weighted by Gasteiger charge is -2.19. The van der Waals surface area contributed by atoms with Crippen LogP contribution in [0.2, 0.25) is 0 Å². The van der Waals surface area contributed by atoms with Gasteiger partial charge in [-0.15, -0.1) is 11.8 Å². The number of carbonyl (C=O) groups excluding carboxylic acids is 3. The number of thioether (sulfide) groups is 1. The van der Waals surface area contributed by atoms with E-state index in [-0.39, 0.29) is 30.7 Å². The van der Waals surface area contributed by atoms with Gasteiger partial charge in [0, 0.05) is 18.8 Å². The van der Waals surface area contributed by atoms with E-state index in [4.69, 9.17) is 5.73 Å². The summed E-state index contributed by atoms with van der Waals surface area (Å²) < 4.78 is 0. The van der Waals surface area contributed by atoms with E-state index in [1.807, 2.05) is 0 Å². The first-order valence-corrected chi connectivity index (χ1v) is 9.00. The molecular weight excluding hydrogens is 318 g/mol. The molecule has 1 heterocycles. The lowest BCUT2D eigenvalue weighted by Crippen LogP contribution is -2.43. The molecule has 0 aromatic carbocycles. The molecule has 23 heavy (non-hydrogen) atoms. The molecule has 1 aliphatic heterocycles. The van der Waals surface area contributed by atoms with E-state index in [9.17, 15) is 14.4 Å². The van der Waals surface area contributed by atoms with Crippen LogP contribution >= 0.6 is 11.8 Å². The van der Waals surface area contributed by atoms with Gasteiger partial charge in [0.1, 0.15) is 5.78 Å². The second kappa shape index (κ2) is 11.4. The molecule has 0 aromatic rings. The molecule has 0 unspecified atom stereocenters. The highest BCUT2D eigenvalue weighted by atomic mass is 32.2. The van der Waals surface area contributed by atoms with Gasteiger partial charge in [-0.2, -0.15) is 0 Å². The minimum atomic E-state index is -0.443. The third-order valence-electron chi connectivity index (χ3n) is 3.36. The van der Waals surface area contributed by atoms with Crippen LogP contribution in [0.15, 0.2) is 0 Å². The summed E-state index contributed by atoms with van der Waals surface area (Å²) in [5.41, 5.74) is 11.2. The molecule has 132 valence electrons. The topological polar surface area (TPSA) is 117 Å². The average molecular weight is 345 g/mol. The van der Waals surface area contributed by atoms with Crippen LogP contribution in [0.3, 0.4) is 0 Å². The van der Waals surface area contributed by atoms with E-state index in [0.717, 1.165) is 31.0 Å². The lowest BCUT2D eigenvalue weighted by atomic mass is 10.1. The van der Waals surface area contributed by atoms with Crippen LogP contribution in [0.4, 0.5) is 0 Å². The van der Waals surface area contributed by atoms with E-state index in [1.54, 1.807) is 16.7 Å². The second-order valence-corrected chi connectivity index (χ2v) is 6.58. The Bertz CT molecular complexity index is 402. The minimum Gasteiger partial charge on any atom is -0.355 e. The molecule has 0 aromatic heterocycles. The summed E-state index contributed by atoms with van der Waals surface area (Å²) in [4.78, 5) is 36.0. The number of nitrogens with one attached hydrogen (secondary N) is 3. The van der Waals surface area contributed by atoms with Gasteiger partial charge in [-0.1, -0.05) is 0 Å². The Morgan fingerprint density at radius 2 is 1.96 bits per heavy atom. The zero-order valence-electron chi connectivity index (χ0n) is 13.6. The zero-order chi connectivity index (χ0) is 17.1. The zero-order valence-corrected chi connectivity index (χ0v) is 14.4. The quantitative estimate of drug-likeness (QED) is 0.275. The van der Waals surface area contributed by atoms with Gasteiger partial charge >= 0.3 is 0 Å². The molecule has 0 aliphatic carbocycles. The lowest BCUT2D eigenvalue weighted by molar-refractivity contribution is -0.131. The van der Waals surface area contributed by atoms with Gasteiger partial charge < -0.3 is 16.0 Å². The van der Waals surface area contributed by atoms with Crippen LogP contribution in [0.25, 0.3) is 0 Å². The summed E-state index contributed by atoms with van der Waals surface area (Å²) in [5, 5.41) is 2.76. The van der Waals surface area contributed by atoms with E-state index in [2.05, 4.69) is 16.2 Å². The number of Topliss-reactive ketones (excluding diaryl/α,β-unsaturated/α-hetero) is 1. The van der Waals surface area contributed by atoms with E-state index < -0.39 is 6.04 Å². The predicted octanol–water partition coefficient (Wildman–Crippen LogP) is -1.18. The number of nitrogens with two attached hydrogens (primary N) is 1. The number of hydrogen-bond donors (Lipinski definition) is 4. The fraction of sp³-hybridized carbons (Fsp3) is 0.786. The van der Waals surface area contributed by atoms with Crippen LogP contribution in [-0.4, -0.2) is 66.3 Å². The normalized spacial score (nSPS) is 15.5. The van der Waals surface area contributed by atoms with Gasteiger partial charge in [0.25, 0.3) is 0 Å². The molecule has 2 amide bonds. The van der Waals surface area contributed by atoms with E-state index in [1.165, 1.54) is 6.92 Å². The minimum absolute atomic E-state index is 0.00341. The number of ketones is 1. The molecule has 8 nitrogen and oxygen atoms in total. The maximum absolute atomic E-state index is 12.0. The Hall–Kier alpha value is -1.16. The fourth-order valence-electron chi connectivity index (χ4n) is 2.06. The third kappa shape index (κ3) is 8.89. The van der Waals surface area contributed by atoms with Crippen molar-refractivity contribution in [2.45, 2.75) is 32.2 Å². The molecule has 0 saturated carbocycles. The maximum Gasteiger partial charge on any atom is 0.240 e. The molecule has 0 spiro atoms. The summed E-state index contributed by atoms with van der Waals surface area (Å²) >= 11 is 1.74. The summed E-state index contributed by atoms with van der Waals surface area (Å²) in [5.74, 6) is 1.61. The van der Waals surface area contributed by atoms with Crippen LogP contribution in [0, 0.1) is 0 Å². The number of nitrogens with zero attached hydrogens (tertiary/aromatic N) is 1. The number of carbonyl (C=O) groups is 3. The Morgan fingerprint density at radius 1 is 1.22 bits per heavy atom. The molecule has 0 radical (unpaired) electrons. The van der Waals surface area contributed by atoms with Gasteiger partial charge in [0.05, 0.1) is 25.0 Å². The van der Waals surface area contributed by atoms with Gasteiger partial charge in [0.15, 0.2) is 0 Å². The smallest absolute Gasteiger partial charge is 0.240 e. The molecule has 1 fully saturated rings. The highest BCUT2D eigenvalue weighted by molar-refractivity contribution is 7.99. The van der Waals surface area contributed by atoms with E-state index >= 15 is 0 Å². The van der Waals surface area contributed by atoms with Gasteiger partial charge in [-0.25, -0.2) is 10.9 Å². The summed E-state index contributed by atoms with van der Waals surface area (Å²) in [6.45, 7) is 3.10. The van der Waals surface area contributed by atoms with Gasteiger partial charge in [-0.3, -0.25) is 14.4 Å². The summed E-state index contributed by atoms with van der Waals surface area (Å²) in [6, 6.07) is -0.443. The number of rotatable bonds is 11. The fourth-order valence-corrected chi connectivity index (χ4v) is 3.01. The van der Waals surface area contributed by atoms with Crippen molar-refractivity contribution in [3.8, 4) is 0 Å². The molecule has 1 aliphatic rings.